The van der Waals surface area contributed by atoms with Crippen LogP contribution in [0.2, 0.25) is 0 Å². The Bertz CT molecular complexity index is 556. The first kappa shape index (κ1) is 10.8. The lowest BCUT2D eigenvalue weighted by Crippen LogP contribution is -2.36. The van der Waals surface area contributed by atoms with Gasteiger partial charge in [-0.05, 0) is 31.5 Å². The zero-order chi connectivity index (χ0) is 12.0. The molecular formula is C14H19N3. The van der Waals surface area contributed by atoms with Crippen molar-refractivity contribution in [2.24, 2.45) is 5.73 Å². The zero-order valence-electron chi connectivity index (χ0n) is 10.5. The summed E-state index contributed by atoms with van der Waals surface area (Å²) in [6.07, 6.45) is 1.12. The van der Waals surface area contributed by atoms with Gasteiger partial charge in [0.15, 0.2) is 0 Å². The third-order valence-electron chi connectivity index (χ3n) is 3.99. The molecule has 1 aliphatic heterocycles. The van der Waals surface area contributed by atoms with Crippen LogP contribution in [0.3, 0.4) is 0 Å². The standard InChI is InChI=1S/C14H19N3/c1-9-4-3-5-10-11-6-7-17(2)12(8-15)14(11)16-13(9)10/h3-5,12,16H,6-8,15H2,1-2H3. The van der Waals surface area contributed by atoms with Gasteiger partial charge in [0, 0.05) is 29.7 Å². The number of aromatic nitrogens is 1. The quantitative estimate of drug-likeness (QED) is 0.785. The molecule has 3 nitrogen and oxygen atoms in total. The van der Waals surface area contributed by atoms with Crippen LogP contribution in [0.25, 0.3) is 10.9 Å². The Morgan fingerprint density at radius 1 is 1.47 bits per heavy atom. The number of rotatable bonds is 1. The predicted octanol–water partition coefficient (Wildman–Crippen LogP) is 1.96. The van der Waals surface area contributed by atoms with Crippen molar-refractivity contribution in [3.8, 4) is 0 Å². The van der Waals surface area contributed by atoms with E-state index in [-0.39, 0.29) is 0 Å². The van der Waals surface area contributed by atoms with Crippen LogP contribution in [-0.4, -0.2) is 30.0 Å². The Labute approximate surface area is 102 Å². The maximum absolute atomic E-state index is 5.91. The summed E-state index contributed by atoms with van der Waals surface area (Å²) in [5.41, 5.74) is 11.3. The number of nitrogens with one attached hydrogen (secondary N) is 1. The highest BCUT2D eigenvalue weighted by Crippen LogP contribution is 2.34. The van der Waals surface area contributed by atoms with Crippen LogP contribution in [0.4, 0.5) is 0 Å². The van der Waals surface area contributed by atoms with Gasteiger partial charge in [0.25, 0.3) is 0 Å². The molecule has 0 fully saturated rings. The van der Waals surface area contributed by atoms with Gasteiger partial charge in [0.2, 0.25) is 0 Å². The van der Waals surface area contributed by atoms with E-state index >= 15 is 0 Å². The summed E-state index contributed by atoms with van der Waals surface area (Å²) < 4.78 is 0. The number of aromatic amines is 1. The van der Waals surface area contributed by atoms with Crippen molar-refractivity contribution in [2.45, 2.75) is 19.4 Å². The van der Waals surface area contributed by atoms with Gasteiger partial charge in [-0.25, -0.2) is 0 Å². The van der Waals surface area contributed by atoms with Crippen LogP contribution in [-0.2, 0) is 6.42 Å². The molecule has 3 heteroatoms. The molecule has 1 aromatic carbocycles. The average molecular weight is 229 g/mol. The zero-order valence-corrected chi connectivity index (χ0v) is 10.5. The molecule has 1 atom stereocenters. The molecule has 0 amide bonds. The molecule has 2 aromatic rings. The van der Waals surface area contributed by atoms with E-state index in [2.05, 4.69) is 42.1 Å². The number of nitrogens with two attached hydrogens (primary N) is 1. The van der Waals surface area contributed by atoms with Crippen LogP contribution in [0.5, 0.6) is 0 Å². The van der Waals surface area contributed by atoms with Gasteiger partial charge in [-0.1, -0.05) is 18.2 Å². The number of H-pyrrole nitrogens is 1. The van der Waals surface area contributed by atoms with Crippen LogP contribution in [0.15, 0.2) is 18.2 Å². The fraction of sp³-hybridized carbons (Fsp3) is 0.429. The molecule has 3 N–H and O–H groups in total. The highest BCUT2D eigenvalue weighted by atomic mass is 15.2. The molecule has 1 aliphatic rings. The van der Waals surface area contributed by atoms with E-state index in [0.717, 1.165) is 13.0 Å². The third-order valence-corrected chi connectivity index (χ3v) is 3.99. The topological polar surface area (TPSA) is 45.1 Å². The molecule has 0 bridgehead atoms. The van der Waals surface area contributed by atoms with Crippen molar-refractivity contribution >= 4 is 10.9 Å². The molecule has 0 aliphatic carbocycles. The van der Waals surface area contributed by atoms with Crippen molar-refractivity contribution in [3.05, 3.63) is 35.0 Å². The summed E-state index contributed by atoms with van der Waals surface area (Å²) >= 11 is 0. The van der Waals surface area contributed by atoms with E-state index in [0.29, 0.717) is 12.6 Å². The van der Waals surface area contributed by atoms with E-state index in [1.165, 1.54) is 27.7 Å². The van der Waals surface area contributed by atoms with Crippen molar-refractivity contribution in [1.29, 1.82) is 0 Å². The minimum absolute atomic E-state index is 0.338. The maximum Gasteiger partial charge on any atom is 0.0623 e. The summed E-state index contributed by atoms with van der Waals surface area (Å²) in [7, 11) is 2.15. The van der Waals surface area contributed by atoms with Crippen LogP contribution >= 0.6 is 0 Å². The average Bonchev–Trinajstić information content (AvgIpc) is 2.69. The van der Waals surface area contributed by atoms with Gasteiger partial charge in [0.1, 0.15) is 0 Å². The van der Waals surface area contributed by atoms with Gasteiger partial charge in [-0.15, -0.1) is 0 Å². The molecule has 0 spiro atoms. The van der Waals surface area contributed by atoms with Crippen molar-refractivity contribution < 1.29 is 0 Å². The lowest BCUT2D eigenvalue weighted by atomic mass is 9.97. The van der Waals surface area contributed by atoms with Gasteiger partial charge in [0.05, 0.1) is 6.04 Å². The van der Waals surface area contributed by atoms with E-state index in [1.54, 1.807) is 0 Å². The van der Waals surface area contributed by atoms with Crippen LogP contribution < -0.4 is 5.73 Å². The number of fused-ring (bicyclic) bond motifs is 3. The molecule has 2 heterocycles. The molecule has 1 aromatic heterocycles. The lowest BCUT2D eigenvalue weighted by molar-refractivity contribution is 0.233. The van der Waals surface area contributed by atoms with E-state index in [9.17, 15) is 0 Å². The predicted molar refractivity (Wildman–Crippen MR) is 71.2 cm³/mol. The minimum atomic E-state index is 0.338. The summed E-state index contributed by atoms with van der Waals surface area (Å²) in [6, 6.07) is 6.86. The highest BCUT2D eigenvalue weighted by molar-refractivity contribution is 5.87. The van der Waals surface area contributed by atoms with Crippen LogP contribution in [0.1, 0.15) is 22.9 Å². The minimum Gasteiger partial charge on any atom is -0.357 e. The fourth-order valence-electron chi connectivity index (χ4n) is 2.96. The number of hydrogen-bond acceptors (Lipinski definition) is 2. The van der Waals surface area contributed by atoms with Gasteiger partial charge < -0.3 is 10.7 Å². The van der Waals surface area contributed by atoms with Gasteiger partial charge in [-0.3, -0.25) is 4.90 Å². The van der Waals surface area contributed by atoms with Crippen LogP contribution in [0, 0.1) is 6.92 Å². The number of hydrogen-bond donors (Lipinski definition) is 2. The lowest BCUT2D eigenvalue weighted by Gasteiger charge is -2.31. The molecular weight excluding hydrogens is 210 g/mol. The van der Waals surface area contributed by atoms with E-state index in [4.69, 9.17) is 5.73 Å². The second kappa shape index (κ2) is 3.86. The summed E-state index contributed by atoms with van der Waals surface area (Å²) in [6.45, 7) is 3.93. The Morgan fingerprint density at radius 2 is 2.29 bits per heavy atom. The normalized spacial score (nSPS) is 20.8. The Morgan fingerprint density at radius 3 is 3.06 bits per heavy atom. The molecule has 17 heavy (non-hydrogen) atoms. The third kappa shape index (κ3) is 1.50. The maximum atomic E-state index is 5.91. The molecule has 1 unspecified atom stereocenters. The highest BCUT2D eigenvalue weighted by Gasteiger charge is 2.27. The Kier molecular flexibility index (Phi) is 2.45. The second-order valence-corrected chi connectivity index (χ2v) is 5.00. The molecule has 3 rings (SSSR count). The molecule has 0 radical (unpaired) electrons. The smallest absolute Gasteiger partial charge is 0.0623 e. The Hall–Kier alpha value is -1.32. The van der Waals surface area contributed by atoms with Crippen molar-refractivity contribution in [2.75, 3.05) is 20.1 Å². The van der Waals surface area contributed by atoms with Crippen molar-refractivity contribution in [1.82, 2.24) is 9.88 Å². The number of likely N-dealkylation sites (N-methyl/N-ethyl adjacent to an activating group) is 1. The van der Waals surface area contributed by atoms with Crippen molar-refractivity contribution in [3.63, 3.8) is 0 Å². The summed E-state index contributed by atoms with van der Waals surface area (Å²) in [5, 5.41) is 1.38. The fourth-order valence-corrected chi connectivity index (χ4v) is 2.96. The molecule has 90 valence electrons. The summed E-state index contributed by atoms with van der Waals surface area (Å²) in [5.74, 6) is 0. The first-order chi connectivity index (χ1) is 8.22. The number of aryl methyl sites for hydroxylation is 1. The van der Waals surface area contributed by atoms with Gasteiger partial charge >= 0.3 is 0 Å². The largest absolute Gasteiger partial charge is 0.357 e. The van der Waals surface area contributed by atoms with E-state index in [1.807, 2.05) is 0 Å². The second-order valence-electron chi connectivity index (χ2n) is 5.00. The first-order valence-corrected chi connectivity index (χ1v) is 6.22. The number of nitrogens with zero attached hydrogens (tertiary/aromatic N) is 1. The number of para-hydroxylation sites is 1. The molecule has 0 saturated heterocycles. The molecule has 0 saturated carbocycles. The SMILES string of the molecule is Cc1cccc2c3c([nH]c12)C(CN)N(C)CC3. The number of benzene rings is 1. The van der Waals surface area contributed by atoms with Gasteiger partial charge in [-0.2, -0.15) is 0 Å². The Balaban J connectivity index is 2.26. The monoisotopic (exact) mass is 229 g/mol. The first-order valence-electron chi connectivity index (χ1n) is 6.22. The van der Waals surface area contributed by atoms with E-state index < -0.39 is 0 Å². The summed E-state index contributed by atoms with van der Waals surface area (Å²) in [4.78, 5) is 5.93.